The van der Waals surface area contributed by atoms with Gasteiger partial charge in [-0.1, -0.05) is 54.9 Å². The summed E-state index contributed by atoms with van der Waals surface area (Å²) in [4.78, 5) is 20.0. The number of rotatable bonds is 5. The van der Waals surface area contributed by atoms with Gasteiger partial charge in [-0.3, -0.25) is 9.78 Å². The molecule has 5 nitrogen and oxygen atoms in total. The number of amides is 1. The predicted molar refractivity (Wildman–Crippen MR) is 121 cm³/mol. The Balaban J connectivity index is 1.46. The van der Waals surface area contributed by atoms with E-state index in [1.807, 2.05) is 31.9 Å². The minimum absolute atomic E-state index is 0.0308. The summed E-state index contributed by atoms with van der Waals surface area (Å²) in [6.07, 6.45) is 4.90. The first-order valence-electron chi connectivity index (χ1n) is 11.2. The lowest BCUT2D eigenvalue weighted by molar-refractivity contribution is 0.0702. The monoisotopic (exact) mass is 417 g/mol. The lowest BCUT2D eigenvalue weighted by Gasteiger charge is -2.32. The lowest BCUT2D eigenvalue weighted by atomic mass is 9.92. The van der Waals surface area contributed by atoms with Gasteiger partial charge in [-0.2, -0.15) is 0 Å². The van der Waals surface area contributed by atoms with Crippen LogP contribution in [0.25, 0.3) is 0 Å². The molecule has 3 aromatic rings. The highest BCUT2D eigenvalue weighted by atomic mass is 16.5. The average molecular weight is 418 g/mol. The molecule has 1 fully saturated rings. The van der Waals surface area contributed by atoms with E-state index in [1.54, 1.807) is 0 Å². The molecule has 0 saturated carbocycles. The fourth-order valence-electron chi connectivity index (χ4n) is 4.44. The van der Waals surface area contributed by atoms with Crippen LogP contribution in [0, 0.1) is 13.8 Å². The fourth-order valence-corrected chi connectivity index (χ4v) is 4.44. The summed E-state index contributed by atoms with van der Waals surface area (Å²) in [7, 11) is 0. The summed E-state index contributed by atoms with van der Waals surface area (Å²) in [5, 5.41) is 4.12. The second kappa shape index (κ2) is 9.04. The Morgan fingerprint density at radius 2 is 2.03 bits per heavy atom. The zero-order valence-electron chi connectivity index (χ0n) is 18.9. The molecule has 1 amide bonds. The molecule has 5 heteroatoms. The highest BCUT2D eigenvalue weighted by Gasteiger charge is 2.31. The molecule has 0 radical (unpaired) electrons. The van der Waals surface area contributed by atoms with Crippen LogP contribution < -0.4 is 0 Å². The van der Waals surface area contributed by atoms with Crippen LogP contribution in [-0.2, 0) is 6.42 Å². The molecule has 0 unspecified atom stereocenters. The molecule has 0 spiro atoms. The van der Waals surface area contributed by atoms with Crippen molar-refractivity contribution in [2.75, 3.05) is 13.1 Å². The zero-order chi connectivity index (χ0) is 22.0. The molecule has 0 N–H and O–H groups in total. The number of pyridine rings is 1. The molecule has 1 aliphatic heterocycles. The van der Waals surface area contributed by atoms with E-state index in [0.717, 1.165) is 37.2 Å². The van der Waals surface area contributed by atoms with Crippen LogP contribution in [0.2, 0.25) is 0 Å². The van der Waals surface area contributed by atoms with Gasteiger partial charge in [0.05, 0.1) is 5.69 Å². The summed E-state index contributed by atoms with van der Waals surface area (Å²) in [5.41, 5.74) is 6.24. The number of piperidine rings is 1. The third kappa shape index (κ3) is 4.71. The van der Waals surface area contributed by atoms with Gasteiger partial charge in [0.25, 0.3) is 5.91 Å². The molecule has 0 aliphatic carbocycles. The lowest BCUT2D eigenvalue weighted by Crippen LogP contribution is -2.39. The van der Waals surface area contributed by atoms with Gasteiger partial charge in [-0.25, -0.2) is 0 Å². The standard InChI is InChI=1S/C26H31N3O2/c1-17(2)25-24(19(4)31-28-25)26(30)29-12-6-9-22(16-29)23-11-10-21(15-27-23)14-20-8-5-7-18(3)13-20/h5,7-8,10-11,13,15,17,22H,6,9,12,14,16H2,1-4H3/t22-/m1/s1. The van der Waals surface area contributed by atoms with E-state index >= 15 is 0 Å². The average Bonchev–Trinajstić information content (AvgIpc) is 3.15. The summed E-state index contributed by atoms with van der Waals surface area (Å²) >= 11 is 0. The number of hydrogen-bond donors (Lipinski definition) is 0. The Morgan fingerprint density at radius 3 is 2.74 bits per heavy atom. The third-order valence-corrected chi connectivity index (χ3v) is 6.12. The molecule has 31 heavy (non-hydrogen) atoms. The molecule has 162 valence electrons. The van der Waals surface area contributed by atoms with Crippen molar-refractivity contribution in [2.24, 2.45) is 0 Å². The van der Waals surface area contributed by atoms with E-state index in [1.165, 1.54) is 16.7 Å². The van der Waals surface area contributed by atoms with Gasteiger partial charge >= 0.3 is 0 Å². The van der Waals surface area contributed by atoms with Crippen molar-refractivity contribution in [1.29, 1.82) is 0 Å². The SMILES string of the molecule is Cc1cccc(Cc2ccc([C@@H]3CCCN(C(=O)c4c(C(C)C)noc4C)C3)nc2)c1. The van der Waals surface area contributed by atoms with E-state index in [2.05, 4.69) is 48.5 Å². The molecule has 3 heterocycles. The van der Waals surface area contributed by atoms with Crippen molar-refractivity contribution in [3.05, 3.63) is 82.0 Å². The molecule has 1 aromatic carbocycles. The highest BCUT2D eigenvalue weighted by Crippen LogP contribution is 2.29. The van der Waals surface area contributed by atoms with Gasteiger partial charge in [0, 0.05) is 30.9 Å². The van der Waals surface area contributed by atoms with Gasteiger partial charge in [0.15, 0.2) is 0 Å². The minimum Gasteiger partial charge on any atom is -0.361 e. The second-order valence-electron chi connectivity index (χ2n) is 9.00. The van der Waals surface area contributed by atoms with Crippen molar-refractivity contribution < 1.29 is 9.32 Å². The maximum Gasteiger partial charge on any atom is 0.259 e. The Bertz CT molecular complexity index is 1050. The molecular weight excluding hydrogens is 386 g/mol. The van der Waals surface area contributed by atoms with Gasteiger partial charge in [-0.05, 0) is 56.2 Å². The van der Waals surface area contributed by atoms with Crippen molar-refractivity contribution in [2.45, 2.75) is 58.8 Å². The van der Waals surface area contributed by atoms with E-state index in [0.29, 0.717) is 17.9 Å². The normalized spacial score (nSPS) is 16.7. The molecular formula is C26H31N3O2. The maximum atomic E-state index is 13.3. The minimum atomic E-state index is 0.0308. The van der Waals surface area contributed by atoms with E-state index < -0.39 is 0 Å². The van der Waals surface area contributed by atoms with Crippen molar-refractivity contribution in [1.82, 2.24) is 15.0 Å². The molecule has 1 saturated heterocycles. The summed E-state index contributed by atoms with van der Waals surface area (Å²) in [6, 6.07) is 12.9. The maximum absolute atomic E-state index is 13.3. The topological polar surface area (TPSA) is 59.2 Å². The van der Waals surface area contributed by atoms with Crippen molar-refractivity contribution >= 4 is 5.91 Å². The number of carbonyl (C=O) groups is 1. The number of carbonyl (C=O) groups excluding carboxylic acids is 1. The van der Waals surface area contributed by atoms with E-state index in [9.17, 15) is 4.79 Å². The van der Waals surface area contributed by atoms with Crippen LogP contribution in [0.15, 0.2) is 47.1 Å². The van der Waals surface area contributed by atoms with Crippen molar-refractivity contribution in [3.8, 4) is 0 Å². The van der Waals surface area contributed by atoms with Crippen molar-refractivity contribution in [3.63, 3.8) is 0 Å². The zero-order valence-corrected chi connectivity index (χ0v) is 18.9. The van der Waals surface area contributed by atoms with Gasteiger partial charge in [0.2, 0.25) is 0 Å². The molecule has 1 aliphatic rings. The Labute approximate surface area is 184 Å². The first-order valence-corrected chi connectivity index (χ1v) is 11.2. The first-order chi connectivity index (χ1) is 14.9. The Kier molecular flexibility index (Phi) is 6.21. The fraction of sp³-hybridized carbons (Fsp3) is 0.423. The quantitative estimate of drug-likeness (QED) is 0.556. The van der Waals surface area contributed by atoms with Crippen LogP contribution in [0.3, 0.4) is 0 Å². The van der Waals surface area contributed by atoms with Crippen LogP contribution in [0.1, 0.15) is 82.7 Å². The largest absolute Gasteiger partial charge is 0.361 e. The van der Waals surface area contributed by atoms with Crippen LogP contribution in [-0.4, -0.2) is 34.0 Å². The number of benzene rings is 1. The predicted octanol–water partition coefficient (Wildman–Crippen LogP) is 5.42. The van der Waals surface area contributed by atoms with Gasteiger partial charge in [0.1, 0.15) is 11.3 Å². The Hall–Kier alpha value is -2.95. The summed E-state index contributed by atoms with van der Waals surface area (Å²) < 4.78 is 5.34. The van der Waals surface area contributed by atoms with Crippen LogP contribution in [0.4, 0.5) is 0 Å². The number of nitrogens with zero attached hydrogens (tertiary/aromatic N) is 3. The highest BCUT2D eigenvalue weighted by molar-refractivity contribution is 5.96. The molecule has 4 rings (SSSR count). The van der Waals surface area contributed by atoms with Crippen LogP contribution in [0.5, 0.6) is 0 Å². The third-order valence-electron chi connectivity index (χ3n) is 6.12. The number of hydrogen-bond acceptors (Lipinski definition) is 4. The van der Waals surface area contributed by atoms with Gasteiger partial charge in [-0.15, -0.1) is 0 Å². The number of likely N-dealkylation sites (tertiary alicyclic amines) is 1. The molecule has 0 bridgehead atoms. The molecule has 2 aromatic heterocycles. The number of aryl methyl sites for hydroxylation is 2. The van der Waals surface area contributed by atoms with Crippen LogP contribution >= 0.6 is 0 Å². The Morgan fingerprint density at radius 1 is 1.19 bits per heavy atom. The summed E-state index contributed by atoms with van der Waals surface area (Å²) in [5.74, 6) is 1.05. The van der Waals surface area contributed by atoms with E-state index in [-0.39, 0.29) is 17.7 Å². The second-order valence-corrected chi connectivity index (χ2v) is 9.00. The first kappa shape index (κ1) is 21.3. The molecule has 1 atom stereocenters. The number of aromatic nitrogens is 2. The summed E-state index contributed by atoms with van der Waals surface area (Å²) in [6.45, 7) is 9.47. The van der Waals surface area contributed by atoms with Gasteiger partial charge < -0.3 is 9.42 Å². The van der Waals surface area contributed by atoms with E-state index in [4.69, 9.17) is 9.51 Å². The smallest absolute Gasteiger partial charge is 0.259 e.